The topological polar surface area (TPSA) is 49.9 Å². The van der Waals surface area contributed by atoms with Gasteiger partial charge in [0, 0.05) is 29.9 Å². The quantitative estimate of drug-likeness (QED) is 0.530. The van der Waals surface area contributed by atoms with Crippen LogP contribution in [0.5, 0.6) is 5.75 Å². The van der Waals surface area contributed by atoms with Gasteiger partial charge < -0.3 is 14.5 Å². The van der Waals surface area contributed by atoms with E-state index in [1.807, 2.05) is 96.4 Å². The second-order valence-corrected chi connectivity index (χ2v) is 8.02. The smallest absolute Gasteiger partial charge is 0.258 e. The first-order valence-electron chi connectivity index (χ1n) is 11.0. The van der Waals surface area contributed by atoms with Gasteiger partial charge in [0.2, 0.25) is 5.91 Å². The molecule has 0 spiro atoms. The Bertz CT molecular complexity index is 1110. The summed E-state index contributed by atoms with van der Waals surface area (Å²) in [6, 6.07) is 24.6. The van der Waals surface area contributed by atoms with Gasteiger partial charge in [-0.1, -0.05) is 42.5 Å². The lowest BCUT2D eigenvalue weighted by Gasteiger charge is -2.43. The van der Waals surface area contributed by atoms with E-state index in [9.17, 15) is 9.59 Å². The number of carbonyl (C=O) groups is 2. The molecule has 2 unspecified atom stereocenters. The minimum atomic E-state index is -0.153. The third-order valence-corrected chi connectivity index (χ3v) is 5.86. The number of benzene rings is 3. The van der Waals surface area contributed by atoms with Crippen LogP contribution >= 0.6 is 0 Å². The maximum atomic E-state index is 13.6. The first-order valence-corrected chi connectivity index (χ1v) is 11.0. The lowest BCUT2D eigenvalue weighted by Crippen LogP contribution is -2.47. The number of anilines is 2. The van der Waals surface area contributed by atoms with Gasteiger partial charge in [-0.15, -0.1) is 0 Å². The molecule has 32 heavy (non-hydrogen) atoms. The van der Waals surface area contributed by atoms with E-state index in [0.717, 1.165) is 16.9 Å². The van der Waals surface area contributed by atoms with Crippen molar-refractivity contribution in [1.82, 2.24) is 0 Å². The molecular weight excluding hydrogens is 400 g/mol. The molecule has 4 rings (SSSR count). The predicted molar refractivity (Wildman–Crippen MR) is 127 cm³/mol. The first kappa shape index (κ1) is 21.6. The fourth-order valence-electron chi connectivity index (χ4n) is 4.53. The summed E-state index contributed by atoms with van der Waals surface area (Å²) in [4.78, 5) is 30.0. The molecule has 3 aromatic carbocycles. The average Bonchev–Trinajstić information content (AvgIpc) is 2.80. The van der Waals surface area contributed by atoms with Crippen molar-refractivity contribution in [2.24, 2.45) is 0 Å². The molecule has 0 bridgehead atoms. The third-order valence-electron chi connectivity index (χ3n) is 5.86. The fourth-order valence-corrected chi connectivity index (χ4v) is 4.53. The zero-order valence-corrected chi connectivity index (χ0v) is 18.7. The Labute approximate surface area is 189 Å². The van der Waals surface area contributed by atoms with Gasteiger partial charge in [0.1, 0.15) is 5.75 Å². The Hall–Kier alpha value is -3.60. The second kappa shape index (κ2) is 9.27. The molecule has 0 N–H and O–H groups in total. The van der Waals surface area contributed by atoms with Gasteiger partial charge in [0.05, 0.1) is 12.6 Å². The molecule has 0 saturated carbocycles. The van der Waals surface area contributed by atoms with Crippen LogP contribution in [0.15, 0.2) is 78.9 Å². The van der Waals surface area contributed by atoms with E-state index in [-0.39, 0.29) is 23.9 Å². The van der Waals surface area contributed by atoms with Crippen LogP contribution in [0, 0.1) is 0 Å². The molecule has 3 aromatic rings. The average molecular weight is 429 g/mol. The minimum absolute atomic E-state index is 0.0209. The van der Waals surface area contributed by atoms with Crippen LogP contribution < -0.4 is 14.5 Å². The number of nitrogens with zero attached hydrogens (tertiary/aromatic N) is 2. The molecule has 1 heterocycles. The van der Waals surface area contributed by atoms with Crippen LogP contribution in [-0.2, 0) is 4.79 Å². The van der Waals surface area contributed by atoms with Crippen molar-refractivity contribution in [2.75, 3.05) is 16.4 Å². The summed E-state index contributed by atoms with van der Waals surface area (Å²) in [5.41, 5.74) is 3.25. The van der Waals surface area contributed by atoms with Crippen molar-refractivity contribution in [3.63, 3.8) is 0 Å². The zero-order chi connectivity index (χ0) is 22.7. The molecular formula is C27H28N2O3. The Morgan fingerprint density at radius 2 is 1.72 bits per heavy atom. The fraction of sp³-hybridized carbons (Fsp3) is 0.259. The zero-order valence-electron chi connectivity index (χ0n) is 18.7. The lowest BCUT2D eigenvalue weighted by atomic mass is 9.89. The SMILES string of the molecule is CCOc1cccc(C(=O)N2c3ccccc3C(N(C(C)=O)c3ccccc3)CC2C)c1. The van der Waals surface area contributed by atoms with Crippen LogP contribution in [0.25, 0.3) is 0 Å². The Kier molecular flexibility index (Phi) is 6.26. The summed E-state index contributed by atoms with van der Waals surface area (Å²) in [6.45, 7) is 6.10. The van der Waals surface area contributed by atoms with Gasteiger partial charge in [-0.05, 0) is 62.2 Å². The summed E-state index contributed by atoms with van der Waals surface area (Å²) in [5, 5.41) is 0. The lowest BCUT2D eigenvalue weighted by molar-refractivity contribution is -0.117. The number of fused-ring (bicyclic) bond motifs is 1. The number of hydrogen-bond donors (Lipinski definition) is 0. The monoisotopic (exact) mass is 428 g/mol. The van der Waals surface area contributed by atoms with Crippen molar-refractivity contribution in [3.8, 4) is 5.75 Å². The van der Waals surface area contributed by atoms with Crippen molar-refractivity contribution >= 4 is 23.2 Å². The highest BCUT2D eigenvalue weighted by molar-refractivity contribution is 6.07. The van der Waals surface area contributed by atoms with Crippen molar-refractivity contribution < 1.29 is 14.3 Å². The summed E-state index contributed by atoms with van der Waals surface area (Å²) in [6.07, 6.45) is 0.641. The molecule has 2 amide bonds. The highest BCUT2D eigenvalue weighted by Gasteiger charge is 2.38. The molecule has 1 aliphatic rings. The molecule has 0 aliphatic carbocycles. The minimum Gasteiger partial charge on any atom is -0.494 e. The van der Waals surface area contributed by atoms with Gasteiger partial charge in [-0.2, -0.15) is 0 Å². The molecule has 0 aromatic heterocycles. The van der Waals surface area contributed by atoms with E-state index < -0.39 is 0 Å². The van der Waals surface area contributed by atoms with E-state index >= 15 is 0 Å². The Morgan fingerprint density at radius 3 is 2.44 bits per heavy atom. The van der Waals surface area contributed by atoms with Crippen molar-refractivity contribution in [1.29, 1.82) is 0 Å². The van der Waals surface area contributed by atoms with Crippen LogP contribution in [0.1, 0.15) is 49.2 Å². The summed E-state index contributed by atoms with van der Waals surface area (Å²) in [5.74, 6) is 0.590. The predicted octanol–water partition coefficient (Wildman–Crippen LogP) is 5.62. The normalized spacial score (nSPS) is 17.4. The molecule has 164 valence electrons. The van der Waals surface area contributed by atoms with Crippen molar-refractivity contribution in [2.45, 2.75) is 39.3 Å². The standard InChI is InChI=1S/C27H28N2O3/c1-4-32-23-14-10-11-21(18-23)27(31)28-19(2)17-26(24-15-8-9-16-25(24)28)29(20(3)30)22-12-6-5-7-13-22/h5-16,18-19,26H,4,17H2,1-3H3. The number of hydrogen-bond acceptors (Lipinski definition) is 3. The van der Waals surface area contributed by atoms with E-state index in [1.54, 1.807) is 13.0 Å². The largest absolute Gasteiger partial charge is 0.494 e. The third kappa shape index (κ3) is 4.11. The number of carbonyl (C=O) groups excluding carboxylic acids is 2. The van der Waals surface area contributed by atoms with Gasteiger partial charge in [-0.25, -0.2) is 0 Å². The highest BCUT2D eigenvalue weighted by Crippen LogP contribution is 2.42. The summed E-state index contributed by atoms with van der Waals surface area (Å²) in [7, 11) is 0. The Balaban J connectivity index is 1.75. The molecule has 0 saturated heterocycles. The molecule has 5 heteroatoms. The molecule has 1 aliphatic heterocycles. The number of para-hydroxylation sites is 2. The molecule has 0 fully saturated rings. The van der Waals surface area contributed by atoms with Crippen LogP contribution in [0.4, 0.5) is 11.4 Å². The van der Waals surface area contributed by atoms with Crippen LogP contribution in [0.2, 0.25) is 0 Å². The van der Waals surface area contributed by atoms with Crippen LogP contribution in [0.3, 0.4) is 0 Å². The van der Waals surface area contributed by atoms with Crippen LogP contribution in [-0.4, -0.2) is 24.5 Å². The van der Waals surface area contributed by atoms with E-state index in [1.165, 1.54) is 0 Å². The molecule has 0 radical (unpaired) electrons. The number of ether oxygens (including phenoxy) is 1. The molecule has 2 atom stereocenters. The highest BCUT2D eigenvalue weighted by atomic mass is 16.5. The van der Waals surface area contributed by atoms with Gasteiger partial charge >= 0.3 is 0 Å². The van der Waals surface area contributed by atoms with E-state index in [4.69, 9.17) is 4.74 Å². The molecule has 5 nitrogen and oxygen atoms in total. The van der Waals surface area contributed by atoms with E-state index in [0.29, 0.717) is 24.3 Å². The number of rotatable bonds is 5. The van der Waals surface area contributed by atoms with Gasteiger partial charge in [-0.3, -0.25) is 9.59 Å². The summed E-state index contributed by atoms with van der Waals surface area (Å²) >= 11 is 0. The van der Waals surface area contributed by atoms with Gasteiger partial charge in [0.15, 0.2) is 0 Å². The van der Waals surface area contributed by atoms with Crippen molar-refractivity contribution in [3.05, 3.63) is 90.0 Å². The first-order chi connectivity index (χ1) is 15.5. The number of amides is 2. The van der Waals surface area contributed by atoms with E-state index in [2.05, 4.69) is 0 Å². The maximum absolute atomic E-state index is 13.6. The summed E-state index contributed by atoms with van der Waals surface area (Å²) < 4.78 is 5.59. The van der Waals surface area contributed by atoms with Gasteiger partial charge in [0.25, 0.3) is 5.91 Å². The maximum Gasteiger partial charge on any atom is 0.258 e. The second-order valence-electron chi connectivity index (χ2n) is 8.02. The Morgan fingerprint density at radius 1 is 1.00 bits per heavy atom.